The molecule has 1 aliphatic rings. The van der Waals surface area contributed by atoms with Crippen molar-refractivity contribution >= 4 is 33.2 Å². The number of sulfonamides is 1. The summed E-state index contributed by atoms with van der Waals surface area (Å²) >= 11 is 0. The Morgan fingerprint density at radius 2 is 1.59 bits per heavy atom. The standard InChI is InChI=1S/C23H30N4O4S/c1-17(22(28)25-20-10-7-11-21(16-20)32(30,31)26(2)3)27-14-12-18(13-15-27)23(29)24-19-8-5-4-6-9-19/h4-11,16-18H,12-15H2,1-3H3,(H,24,29)(H,25,28)/t17-/m0/s1. The van der Waals surface area contributed by atoms with E-state index in [1.165, 1.54) is 26.2 Å². The maximum absolute atomic E-state index is 12.8. The largest absolute Gasteiger partial charge is 0.326 e. The van der Waals surface area contributed by atoms with Gasteiger partial charge in [0.1, 0.15) is 0 Å². The molecule has 1 heterocycles. The highest BCUT2D eigenvalue weighted by Crippen LogP contribution is 2.22. The average Bonchev–Trinajstić information content (AvgIpc) is 2.79. The van der Waals surface area contributed by atoms with Crippen LogP contribution in [0.15, 0.2) is 59.5 Å². The maximum atomic E-state index is 12.8. The van der Waals surface area contributed by atoms with E-state index in [2.05, 4.69) is 10.6 Å². The summed E-state index contributed by atoms with van der Waals surface area (Å²) in [5.74, 6) is -0.293. The van der Waals surface area contributed by atoms with Crippen molar-refractivity contribution in [1.82, 2.24) is 9.21 Å². The van der Waals surface area contributed by atoms with E-state index in [-0.39, 0.29) is 22.6 Å². The Kier molecular flexibility index (Phi) is 7.65. The Morgan fingerprint density at radius 3 is 2.22 bits per heavy atom. The molecular weight excluding hydrogens is 428 g/mol. The van der Waals surface area contributed by atoms with Gasteiger partial charge in [-0.05, 0) is 63.2 Å². The fraction of sp³-hybridized carbons (Fsp3) is 0.391. The molecule has 172 valence electrons. The third-order valence-electron chi connectivity index (χ3n) is 5.75. The van der Waals surface area contributed by atoms with Gasteiger partial charge in [-0.15, -0.1) is 0 Å². The third-order valence-corrected chi connectivity index (χ3v) is 7.56. The minimum atomic E-state index is -3.58. The van der Waals surface area contributed by atoms with Crippen LogP contribution in [0.2, 0.25) is 0 Å². The van der Waals surface area contributed by atoms with E-state index >= 15 is 0 Å². The van der Waals surface area contributed by atoms with Crippen LogP contribution in [0.4, 0.5) is 11.4 Å². The molecule has 0 aliphatic carbocycles. The number of hydrogen-bond donors (Lipinski definition) is 2. The smallest absolute Gasteiger partial charge is 0.242 e. The number of likely N-dealkylation sites (tertiary alicyclic amines) is 1. The lowest BCUT2D eigenvalue weighted by Gasteiger charge is -2.34. The van der Waals surface area contributed by atoms with Crippen molar-refractivity contribution in [2.75, 3.05) is 37.8 Å². The Hall–Kier alpha value is -2.75. The number of carbonyl (C=O) groups excluding carboxylic acids is 2. The van der Waals surface area contributed by atoms with Crippen molar-refractivity contribution in [3.05, 3.63) is 54.6 Å². The van der Waals surface area contributed by atoms with Crippen LogP contribution >= 0.6 is 0 Å². The zero-order valence-corrected chi connectivity index (χ0v) is 19.4. The molecule has 2 N–H and O–H groups in total. The molecule has 0 spiro atoms. The molecule has 32 heavy (non-hydrogen) atoms. The van der Waals surface area contributed by atoms with Gasteiger partial charge in [-0.1, -0.05) is 24.3 Å². The van der Waals surface area contributed by atoms with Gasteiger partial charge in [-0.2, -0.15) is 0 Å². The van der Waals surface area contributed by atoms with Crippen molar-refractivity contribution in [2.45, 2.75) is 30.7 Å². The number of hydrogen-bond acceptors (Lipinski definition) is 5. The molecule has 3 rings (SSSR count). The zero-order valence-electron chi connectivity index (χ0n) is 18.6. The summed E-state index contributed by atoms with van der Waals surface area (Å²) in [4.78, 5) is 27.5. The molecule has 8 nitrogen and oxygen atoms in total. The normalized spacial score (nSPS) is 16.5. The molecule has 0 aromatic heterocycles. The maximum Gasteiger partial charge on any atom is 0.242 e. The Labute approximate surface area is 189 Å². The molecule has 9 heteroatoms. The summed E-state index contributed by atoms with van der Waals surface area (Å²) < 4.78 is 25.8. The van der Waals surface area contributed by atoms with Gasteiger partial charge in [0.15, 0.2) is 0 Å². The van der Waals surface area contributed by atoms with Gasteiger partial charge >= 0.3 is 0 Å². The fourth-order valence-corrected chi connectivity index (χ4v) is 4.62. The lowest BCUT2D eigenvalue weighted by molar-refractivity contribution is -0.123. The number of amides is 2. The van der Waals surface area contributed by atoms with Gasteiger partial charge < -0.3 is 10.6 Å². The summed E-state index contributed by atoms with van der Waals surface area (Å²) in [7, 11) is -0.650. The molecule has 2 amide bonds. The van der Waals surface area contributed by atoms with E-state index in [9.17, 15) is 18.0 Å². The number of para-hydroxylation sites is 1. The predicted octanol–water partition coefficient (Wildman–Crippen LogP) is 2.61. The summed E-state index contributed by atoms with van der Waals surface area (Å²) in [6, 6.07) is 15.2. The van der Waals surface area contributed by atoms with Crippen molar-refractivity contribution in [3.63, 3.8) is 0 Å². The second-order valence-corrected chi connectivity index (χ2v) is 10.3. The summed E-state index contributed by atoms with van der Waals surface area (Å²) in [6.07, 6.45) is 1.35. The van der Waals surface area contributed by atoms with Gasteiger partial charge in [0, 0.05) is 31.4 Å². The molecule has 1 fully saturated rings. The van der Waals surface area contributed by atoms with Gasteiger partial charge in [0.05, 0.1) is 10.9 Å². The molecule has 2 aromatic rings. The summed E-state index contributed by atoms with van der Waals surface area (Å²) in [6.45, 7) is 3.09. The Morgan fingerprint density at radius 1 is 0.969 bits per heavy atom. The van der Waals surface area contributed by atoms with Gasteiger partial charge in [0.25, 0.3) is 0 Å². The first kappa shape index (κ1) is 23.9. The lowest BCUT2D eigenvalue weighted by atomic mass is 9.94. The molecule has 0 radical (unpaired) electrons. The second kappa shape index (κ2) is 10.2. The van der Waals surface area contributed by atoms with Crippen LogP contribution in [0.1, 0.15) is 19.8 Å². The average molecular weight is 459 g/mol. The van der Waals surface area contributed by atoms with Crippen LogP contribution in [-0.4, -0.2) is 62.7 Å². The highest BCUT2D eigenvalue weighted by atomic mass is 32.2. The van der Waals surface area contributed by atoms with Crippen LogP contribution in [0, 0.1) is 5.92 Å². The lowest BCUT2D eigenvalue weighted by Crippen LogP contribution is -2.47. The van der Waals surface area contributed by atoms with E-state index < -0.39 is 16.1 Å². The van der Waals surface area contributed by atoms with E-state index in [4.69, 9.17) is 0 Å². The fourth-order valence-electron chi connectivity index (χ4n) is 3.67. The van der Waals surface area contributed by atoms with Gasteiger partial charge in [0.2, 0.25) is 21.8 Å². The second-order valence-electron chi connectivity index (χ2n) is 8.15. The number of nitrogens with one attached hydrogen (secondary N) is 2. The molecule has 1 atom stereocenters. The first-order valence-corrected chi connectivity index (χ1v) is 12.1. The topological polar surface area (TPSA) is 98.8 Å². The van der Waals surface area contributed by atoms with Crippen molar-refractivity contribution in [2.24, 2.45) is 5.92 Å². The highest BCUT2D eigenvalue weighted by molar-refractivity contribution is 7.89. The Balaban J connectivity index is 1.55. The number of benzene rings is 2. The zero-order chi connectivity index (χ0) is 23.3. The number of rotatable bonds is 7. The molecule has 1 saturated heterocycles. The molecular formula is C23H30N4O4S. The van der Waals surface area contributed by atoms with Crippen molar-refractivity contribution in [1.29, 1.82) is 0 Å². The van der Waals surface area contributed by atoms with Crippen LogP contribution in [-0.2, 0) is 19.6 Å². The minimum absolute atomic E-state index is 0.00636. The SMILES string of the molecule is C[C@@H](C(=O)Nc1cccc(S(=O)(=O)N(C)C)c1)N1CCC(C(=O)Nc2ccccc2)CC1. The number of carbonyl (C=O) groups is 2. The van der Waals surface area contributed by atoms with Crippen molar-refractivity contribution < 1.29 is 18.0 Å². The van der Waals surface area contributed by atoms with Crippen LogP contribution in [0.3, 0.4) is 0 Å². The van der Waals surface area contributed by atoms with Crippen LogP contribution in [0.25, 0.3) is 0 Å². The molecule has 0 unspecified atom stereocenters. The number of nitrogens with zero attached hydrogens (tertiary/aromatic N) is 2. The van der Waals surface area contributed by atoms with Gasteiger partial charge in [-0.25, -0.2) is 12.7 Å². The molecule has 0 bridgehead atoms. The monoisotopic (exact) mass is 458 g/mol. The van der Waals surface area contributed by atoms with E-state index in [1.54, 1.807) is 12.1 Å². The van der Waals surface area contributed by atoms with E-state index in [0.29, 0.717) is 31.6 Å². The minimum Gasteiger partial charge on any atom is -0.326 e. The number of piperidine rings is 1. The first-order valence-electron chi connectivity index (χ1n) is 10.6. The number of anilines is 2. The van der Waals surface area contributed by atoms with E-state index in [0.717, 1.165) is 9.99 Å². The third kappa shape index (κ3) is 5.73. The van der Waals surface area contributed by atoms with E-state index in [1.807, 2.05) is 42.2 Å². The first-order chi connectivity index (χ1) is 15.2. The summed E-state index contributed by atoms with van der Waals surface area (Å²) in [5, 5.41) is 5.76. The molecule has 2 aromatic carbocycles. The van der Waals surface area contributed by atoms with Crippen LogP contribution in [0.5, 0.6) is 0 Å². The summed E-state index contributed by atoms with van der Waals surface area (Å²) in [5.41, 5.74) is 1.22. The predicted molar refractivity (Wildman–Crippen MR) is 125 cm³/mol. The Bertz CT molecular complexity index is 1050. The van der Waals surface area contributed by atoms with Crippen molar-refractivity contribution in [3.8, 4) is 0 Å². The van der Waals surface area contributed by atoms with Crippen LogP contribution < -0.4 is 10.6 Å². The quantitative estimate of drug-likeness (QED) is 0.665. The molecule has 0 saturated carbocycles. The van der Waals surface area contributed by atoms with Gasteiger partial charge in [-0.3, -0.25) is 14.5 Å². The molecule has 1 aliphatic heterocycles. The highest BCUT2D eigenvalue weighted by Gasteiger charge is 2.30.